The largest absolute Gasteiger partial charge is 0.355 e. The summed E-state index contributed by atoms with van der Waals surface area (Å²) in [6.07, 6.45) is 3.88. The maximum atomic E-state index is 4.34. The number of nitrogens with one attached hydrogen (secondary N) is 2. The molecule has 2 N–H and O–H groups in total. The number of hydrogen-bond acceptors (Lipinski definition) is 2. The molecule has 1 saturated heterocycles. The minimum Gasteiger partial charge on any atom is -0.355 e. The van der Waals surface area contributed by atoms with Gasteiger partial charge in [0.05, 0.1) is 0 Å². The van der Waals surface area contributed by atoms with Gasteiger partial charge in [-0.25, -0.2) is 0 Å². The van der Waals surface area contributed by atoms with Gasteiger partial charge < -0.3 is 10.6 Å². The molecule has 1 aliphatic heterocycles. The monoisotopic (exact) mass is 316 g/mol. The molecule has 0 bridgehead atoms. The molecule has 1 unspecified atom stereocenters. The van der Waals surface area contributed by atoms with Crippen LogP contribution in [0.1, 0.15) is 45.6 Å². The summed E-state index contributed by atoms with van der Waals surface area (Å²) in [5, 5.41) is 6.94. The van der Waals surface area contributed by atoms with Crippen molar-refractivity contribution in [3.63, 3.8) is 0 Å². The molecule has 1 aromatic carbocycles. The quantitative estimate of drug-likeness (QED) is 0.662. The molecule has 0 saturated carbocycles. The lowest BCUT2D eigenvalue weighted by Gasteiger charge is -2.36. The second-order valence-corrected chi connectivity index (χ2v) is 7.43. The van der Waals surface area contributed by atoms with E-state index < -0.39 is 0 Å². The van der Waals surface area contributed by atoms with Crippen molar-refractivity contribution in [1.82, 2.24) is 15.5 Å². The highest BCUT2D eigenvalue weighted by molar-refractivity contribution is 5.80. The third-order valence-corrected chi connectivity index (χ3v) is 4.20. The standard InChI is InChI=1S/C19H32N4/c1-19(2,3)22-18(20-4)21-14-17-12-8-9-13-23(17)15-16-10-6-5-7-11-16/h5-7,10-11,17H,8-9,12-15H2,1-4H3,(H2,20,21,22). The van der Waals surface area contributed by atoms with E-state index in [0.717, 1.165) is 19.0 Å². The Hall–Kier alpha value is -1.55. The number of guanidine groups is 1. The minimum absolute atomic E-state index is 0.0259. The number of rotatable bonds is 4. The Morgan fingerprint density at radius 3 is 2.61 bits per heavy atom. The van der Waals surface area contributed by atoms with E-state index in [9.17, 15) is 0 Å². The second kappa shape index (κ2) is 8.34. The highest BCUT2D eigenvalue weighted by Crippen LogP contribution is 2.19. The highest BCUT2D eigenvalue weighted by atomic mass is 15.2. The molecule has 1 aliphatic rings. The van der Waals surface area contributed by atoms with Crippen molar-refractivity contribution in [1.29, 1.82) is 0 Å². The molecule has 0 spiro atoms. The van der Waals surface area contributed by atoms with Crippen LogP contribution in [0, 0.1) is 0 Å². The normalized spacial score (nSPS) is 20.3. The van der Waals surface area contributed by atoms with Gasteiger partial charge in [-0.05, 0) is 45.7 Å². The van der Waals surface area contributed by atoms with Gasteiger partial charge in [0.25, 0.3) is 0 Å². The maximum absolute atomic E-state index is 4.34. The Balaban J connectivity index is 1.91. The van der Waals surface area contributed by atoms with E-state index >= 15 is 0 Å². The van der Waals surface area contributed by atoms with Gasteiger partial charge in [0.1, 0.15) is 0 Å². The summed E-state index contributed by atoms with van der Waals surface area (Å²) in [5.74, 6) is 0.891. The Morgan fingerprint density at radius 2 is 1.96 bits per heavy atom. The zero-order chi connectivity index (χ0) is 16.7. The van der Waals surface area contributed by atoms with Crippen molar-refractivity contribution >= 4 is 5.96 Å². The summed E-state index contributed by atoms with van der Waals surface area (Å²) < 4.78 is 0. The van der Waals surface area contributed by atoms with Gasteiger partial charge in [0.15, 0.2) is 5.96 Å². The molecule has 128 valence electrons. The first kappa shape index (κ1) is 17.8. The van der Waals surface area contributed by atoms with Crippen molar-refractivity contribution in [2.75, 3.05) is 20.1 Å². The fourth-order valence-corrected chi connectivity index (χ4v) is 3.07. The molecule has 2 rings (SSSR count). The number of hydrogen-bond donors (Lipinski definition) is 2. The molecular formula is C19H32N4. The molecule has 4 nitrogen and oxygen atoms in total. The van der Waals surface area contributed by atoms with Crippen LogP contribution < -0.4 is 10.6 Å². The van der Waals surface area contributed by atoms with Crippen molar-refractivity contribution in [3.8, 4) is 0 Å². The number of piperidine rings is 1. The first-order valence-electron chi connectivity index (χ1n) is 8.75. The first-order chi connectivity index (χ1) is 11.0. The lowest BCUT2D eigenvalue weighted by molar-refractivity contribution is 0.141. The zero-order valence-corrected chi connectivity index (χ0v) is 15.1. The average molecular weight is 316 g/mol. The minimum atomic E-state index is 0.0259. The van der Waals surface area contributed by atoms with Crippen LogP contribution in [-0.4, -0.2) is 42.6 Å². The maximum Gasteiger partial charge on any atom is 0.191 e. The molecule has 1 atom stereocenters. The van der Waals surface area contributed by atoms with Crippen LogP contribution in [-0.2, 0) is 6.54 Å². The predicted molar refractivity (Wildman–Crippen MR) is 98.7 cm³/mol. The van der Waals surface area contributed by atoms with Crippen molar-refractivity contribution < 1.29 is 0 Å². The van der Waals surface area contributed by atoms with Crippen molar-refractivity contribution in [2.24, 2.45) is 4.99 Å². The van der Waals surface area contributed by atoms with Crippen molar-refractivity contribution in [2.45, 2.75) is 58.2 Å². The fourth-order valence-electron chi connectivity index (χ4n) is 3.07. The number of benzene rings is 1. The van der Waals surface area contributed by atoms with Crippen LogP contribution in [0.2, 0.25) is 0 Å². The third-order valence-electron chi connectivity index (χ3n) is 4.20. The van der Waals surface area contributed by atoms with E-state index in [0.29, 0.717) is 6.04 Å². The lowest BCUT2D eigenvalue weighted by Crippen LogP contribution is -2.52. The third kappa shape index (κ3) is 6.22. The van der Waals surface area contributed by atoms with E-state index in [4.69, 9.17) is 0 Å². The van der Waals surface area contributed by atoms with Crippen molar-refractivity contribution in [3.05, 3.63) is 35.9 Å². The molecule has 0 radical (unpaired) electrons. The van der Waals surface area contributed by atoms with Gasteiger partial charge in [-0.3, -0.25) is 9.89 Å². The Kier molecular flexibility index (Phi) is 6.46. The smallest absolute Gasteiger partial charge is 0.191 e. The summed E-state index contributed by atoms with van der Waals surface area (Å²) in [6.45, 7) is 9.64. The van der Waals surface area contributed by atoms with Gasteiger partial charge in [-0.2, -0.15) is 0 Å². The summed E-state index contributed by atoms with van der Waals surface area (Å²) in [4.78, 5) is 6.95. The van der Waals surface area contributed by atoms with Gasteiger partial charge in [0, 0.05) is 31.7 Å². The van der Waals surface area contributed by atoms with Gasteiger partial charge in [-0.1, -0.05) is 36.8 Å². The summed E-state index contributed by atoms with van der Waals surface area (Å²) in [5.41, 5.74) is 1.43. The fraction of sp³-hybridized carbons (Fsp3) is 0.632. The van der Waals surface area contributed by atoms with Crippen LogP contribution in [0.5, 0.6) is 0 Å². The Bertz CT molecular complexity index is 490. The van der Waals surface area contributed by atoms with Crippen LogP contribution in [0.4, 0.5) is 0 Å². The SMILES string of the molecule is CN=C(NCC1CCCCN1Cc1ccccc1)NC(C)(C)C. The second-order valence-electron chi connectivity index (χ2n) is 7.43. The number of nitrogens with zero attached hydrogens (tertiary/aromatic N) is 2. The topological polar surface area (TPSA) is 39.7 Å². The zero-order valence-electron chi connectivity index (χ0n) is 15.1. The lowest BCUT2D eigenvalue weighted by atomic mass is 10.0. The van der Waals surface area contributed by atoms with Crippen LogP contribution in [0.15, 0.2) is 35.3 Å². The highest BCUT2D eigenvalue weighted by Gasteiger charge is 2.23. The number of aliphatic imine (C=N–C) groups is 1. The summed E-state index contributed by atoms with van der Waals surface area (Å²) in [7, 11) is 1.84. The van der Waals surface area contributed by atoms with E-state index in [1.165, 1.54) is 31.4 Å². The van der Waals surface area contributed by atoms with E-state index in [-0.39, 0.29) is 5.54 Å². The first-order valence-corrected chi connectivity index (χ1v) is 8.75. The predicted octanol–water partition coefficient (Wildman–Crippen LogP) is 3.00. The summed E-state index contributed by atoms with van der Waals surface area (Å²) in [6, 6.07) is 11.4. The molecular weight excluding hydrogens is 284 g/mol. The van der Waals surface area contributed by atoms with Crippen LogP contribution in [0.25, 0.3) is 0 Å². The average Bonchev–Trinajstić information content (AvgIpc) is 2.52. The Labute approximate surface area is 141 Å². The molecule has 0 amide bonds. The van der Waals surface area contributed by atoms with E-state index in [1.54, 1.807) is 0 Å². The van der Waals surface area contributed by atoms with Gasteiger partial charge in [0.2, 0.25) is 0 Å². The van der Waals surface area contributed by atoms with Gasteiger partial charge in [-0.15, -0.1) is 0 Å². The van der Waals surface area contributed by atoms with Gasteiger partial charge >= 0.3 is 0 Å². The molecule has 1 heterocycles. The molecule has 0 aliphatic carbocycles. The molecule has 4 heteroatoms. The van der Waals surface area contributed by atoms with E-state index in [2.05, 4.69) is 71.6 Å². The van der Waals surface area contributed by atoms with E-state index in [1.807, 2.05) is 7.05 Å². The molecule has 1 aromatic rings. The Morgan fingerprint density at radius 1 is 1.22 bits per heavy atom. The number of likely N-dealkylation sites (tertiary alicyclic amines) is 1. The van der Waals surface area contributed by atoms with Crippen LogP contribution >= 0.6 is 0 Å². The molecule has 1 fully saturated rings. The molecule has 0 aromatic heterocycles. The summed E-state index contributed by atoms with van der Waals surface area (Å²) >= 11 is 0. The molecule has 23 heavy (non-hydrogen) atoms. The van der Waals surface area contributed by atoms with Crippen LogP contribution in [0.3, 0.4) is 0 Å².